The zero-order valence-corrected chi connectivity index (χ0v) is 9.36. The maximum absolute atomic E-state index is 11.6. The fourth-order valence-corrected chi connectivity index (χ4v) is 1.32. The second-order valence-corrected chi connectivity index (χ2v) is 3.61. The minimum absolute atomic E-state index is 0.0454. The number of carbonyl (C=O) groups excluding carboxylic acids is 1. The summed E-state index contributed by atoms with van der Waals surface area (Å²) < 4.78 is 0.626. The minimum atomic E-state index is -0.194. The number of amides is 1. The first kappa shape index (κ1) is 11.1. The standard InChI is InChI=1S/C9H11BrN2O2/c1-12(5-6-13)9(14)7-3-2-4-8(10)11-7/h2-4,13H,5-6H2,1H3. The molecule has 0 bridgehead atoms. The second-order valence-electron chi connectivity index (χ2n) is 2.80. The van der Waals surface area contributed by atoms with Gasteiger partial charge in [-0.05, 0) is 28.1 Å². The van der Waals surface area contributed by atoms with Gasteiger partial charge in [0.2, 0.25) is 0 Å². The predicted octanol–water partition coefficient (Wildman–Crippen LogP) is 0.908. The number of hydrogen-bond acceptors (Lipinski definition) is 3. The number of likely N-dealkylation sites (N-methyl/N-ethyl adjacent to an activating group) is 1. The summed E-state index contributed by atoms with van der Waals surface area (Å²) in [6.07, 6.45) is 0. The normalized spacial score (nSPS) is 9.93. The average molecular weight is 259 g/mol. The van der Waals surface area contributed by atoms with Gasteiger partial charge in [-0.15, -0.1) is 0 Å². The number of halogens is 1. The Morgan fingerprint density at radius 2 is 2.36 bits per heavy atom. The van der Waals surface area contributed by atoms with Gasteiger partial charge in [-0.25, -0.2) is 4.98 Å². The van der Waals surface area contributed by atoms with E-state index in [1.807, 2.05) is 0 Å². The van der Waals surface area contributed by atoms with Crippen molar-refractivity contribution >= 4 is 21.8 Å². The van der Waals surface area contributed by atoms with Crippen LogP contribution in [-0.4, -0.2) is 41.1 Å². The Labute approximate surface area is 90.7 Å². The molecule has 0 fully saturated rings. The molecule has 76 valence electrons. The summed E-state index contributed by atoms with van der Waals surface area (Å²) in [6.45, 7) is 0.267. The molecule has 4 nitrogen and oxygen atoms in total. The Balaban J connectivity index is 2.78. The lowest BCUT2D eigenvalue weighted by Gasteiger charge is -2.14. The molecule has 1 aromatic heterocycles. The van der Waals surface area contributed by atoms with Gasteiger partial charge in [0, 0.05) is 13.6 Å². The van der Waals surface area contributed by atoms with E-state index in [9.17, 15) is 4.79 Å². The summed E-state index contributed by atoms with van der Waals surface area (Å²) in [6, 6.07) is 5.14. The van der Waals surface area contributed by atoms with Crippen LogP contribution >= 0.6 is 15.9 Å². The smallest absolute Gasteiger partial charge is 0.272 e. The molecule has 1 amide bonds. The van der Waals surface area contributed by atoms with Crippen molar-refractivity contribution in [1.82, 2.24) is 9.88 Å². The Kier molecular flexibility index (Phi) is 4.03. The van der Waals surface area contributed by atoms with E-state index < -0.39 is 0 Å². The molecular formula is C9H11BrN2O2. The lowest BCUT2D eigenvalue weighted by Crippen LogP contribution is -2.30. The van der Waals surface area contributed by atoms with E-state index in [1.165, 1.54) is 4.90 Å². The van der Waals surface area contributed by atoms with Crippen LogP contribution in [0.5, 0.6) is 0 Å². The molecule has 0 aliphatic carbocycles. The van der Waals surface area contributed by atoms with E-state index in [4.69, 9.17) is 5.11 Å². The largest absolute Gasteiger partial charge is 0.395 e. The number of pyridine rings is 1. The molecule has 1 rings (SSSR count). The van der Waals surface area contributed by atoms with Gasteiger partial charge < -0.3 is 10.0 Å². The Hall–Kier alpha value is -0.940. The summed E-state index contributed by atoms with van der Waals surface area (Å²) >= 11 is 3.19. The minimum Gasteiger partial charge on any atom is -0.395 e. The van der Waals surface area contributed by atoms with Crippen LogP contribution in [0.4, 0.5) is 0 Å². The zero-order valence-electron chi connectivity index (χ0n) is 7.77. The molecule has 1 N–H and O–H groups in total. The third kappa shape index (κ3) is 2.78. The molecule has 0 radical (unpaired) electrons. The first-order valence-corrected chi connectivity index (χ1v) is 4.93. The average Bonchev–Trinajstić information content (AvgIpc) is 2.17. The number of carbonyl (C=O) groups is 1. The van der Waals surface area contributed by atoms with Crippen LogP contribution in [-0.2, 0) is 0 Å². The van der Waals surface area contributed by atoms with E-state index in [2.05, 4.69) is 20.9 Å². The van der Waals surface area contributed by atoms with Gasteiger partial charge in [-0.3, -0.25) is 4.79 Å². The predicted molar refractivity (Wildman–Crippen MR) is 56.0 cm³/mol. The quantitative estimate of drug-likeness (QED) is 0.821. The maximum Gasteiger partial charge on any atom is 0.272 e. The molecule has 14 heavy (non-hydrogen) atoms. The molecule has 0 spiro atoms. The number of aromatic nitrogens is 1. The molecule has 5 heteroatoms. The highest BCUT2D eigenvalue weighted by Crippen LogP contribution is 2.07. The van der Waals surface area contributed by atoms with Gasteiger partial charge in [-0.2, -0.15) is 0 Å². The van der Waals surface area contributed by atoms with Crippen LogP contribution in [0.15, 0.2) is 22.8 Å². The van der Waals surface area contributed by atoms with Gasteiger partial charge in [-0.1, -0.05) is 6.07 Å². The molecule has 0 saturated heterocycles. The molecule has 0 aliphatic rings. The van der Waals surface area contributed by atoms with Crippen molar-refractivity contribution in [3.05, 3.63) is 28.5 Å². The summed E-state index contributed by atoms with van der Waals surface area (Å²) in [5, 5.41) is 8.66. The Morgan fingerprint density at radius 1 is 1.64 bits per heavy atom. The second kappa shape index (κ2) is 5.07. The van der Waals surface area contributed by atoms with Crippen LogP contribution in [0, 0.1) is 0 Å². The van der Waals surface area contributed by atoms with Crippen molar-refractivity contribution in [2.45, 2.75) is 0 Å². The number of aliphatic hydroxyl groups is 1. The van der Waals surface area contributed by atoms with E-state index >= 15 is 0 Å². The molecule has 0 aromatic carbocycles. The molecule has 1 heterocycles. The number of hydrogen-bond donors (Lipinski definition) is 1. The molecular weight excluding hydrogens is 248 g/mol. The maximum atomic E-state index is 11.6. The number of rotatable bonds is 3. The van der Waals surface area contributed by atoms with E-state index in [0.717, 1.165) is 0 Å². The lowest BCUT2D eigenvalue weighted by molar-refractivity contribution is 0.0761. The summed E-state index contributed by atoms with van der Waals surface area (Å²) in [4.78, 5) is 17.1. The fraction of sp³-hybridized carbons (Fsp3) is 0.333. The molecule has 1 aromatic rings. The zero-order chi connectivity index (χ0) is 10.6. The summed E-state index contributed by atoms with van der Waals surface area (Å²) in [5.41, 5.74) is 0.371. The third-order valence-corrected chi connectivity index (χ3v) is 2.16. The van der Waals surface area contributed by atoms with E-state index in [1.54, 1.807) is 25.2 Å². The van der Waals surface area contributed by atoms with Crippen molar-refractivity contribution in [2.75, 3.05) is 20.2 Å². The molecule has 0 unspecified atom stereocenters. The van der Waals surface area contributed by atoms with E-state index in [-0.39, 0.29) is 12.5 Å². The van der Waals surface area contributed by atoms with Gasteiger partial charge in [0.1, 0.15) is 10.3 Å². The topological polar surface area (TPSA) is 53.4 Å². The van der Waals surface area contributed by atoms with Gasteiger partial charge in [0.05, 0.1) is 6.61 Å². The monoisotopic (exact) mass is 258 g/mol. The van der Waals surface area contributed by atoms with Crippen LogP contribution in [0.3, 0.4) is 0 Å². The third-order valence-electron chi connectivity index (χ3n) is 1.72. The first-order valence-electron chi connectivity index (χ1n) is 4.14. The fourth-order valence-electron chi connectivity index (χ4n) is 0.974. The highest BCUT2D eigenvalue weighted by atomic mass is 79.9. The van der Waals surface area contributed by atoms with Crippen LogP contribution in [0.25, 0.3) is 0 Å². The highest BCUT2D eigenvalue weighted by Gasteiger charge is 2.12. The van der Waals surface area contributed by atoms with Crippen LogP contribution in [0.2, 0.25) is 0 Å². The Morgan fingerprint density at radius 3 is 2.93 bits per heavy atom. The van der Waals surface area contributed by atoms with Crippen molar-refractivity contribution < 1.29 is 9.90 Å². The first-order chi connectivity index (χ1) is 6.65. The van der Waals surface area contributed by atoms with Crippen molar-refractivity contribution in [3.8, 4) is 0 Å². The lowest BCUT2D eigenvalue weighted by atomic mass is 10.3. The summed E-state index contributed by atoms with van der Waals surface area (Å²) in [7, 11) is 1.63. The van der Waals surface area contributed by atoms with E-state index in [0.29, 0.717) is 16.8 Å². The van der Waals surface area contributed by atoms with Crippen molar-refractivity contribution in [3.63, 3.8) is 0 Å². The molecule has 0 saturated carbocycles. The number of aliphatic hydroxyl groups excluding tert-OH is 1. The SMILES string of the molecule is CN(CCO)C(=O)c1cccc(Br)n1. The molecule has 0 atom stereocenters. The van der Waals surface area contributed by atoms with Gasteiger partial charge in [0.15, 0.2) is 0 Å². The van der Waals surface area contributed by atoms with Gasteiger partial charge >= 0.3 is 0 Å². The van der Waals surface area contributed by atoms with Crippen molar-refractivity contribution in [2.24, 2.45) is 0 Å². The molecule has 0 aliphatic heterocycles. The van der Waals surface area contributed by atoms with Gasteiger partial charge in [0.25, 0.3) is 5.91 Å². The van der Waals surface area contributed by atoms with Crippen molar-refractivity contribution in [1.29, 1.82) is 0 Å². The summed E-state index contributed by atoms with van der Waals surface area (Å²) in [5.74, 6) is -0.194. The number of nitrogens with zero attached hydrogens (tertiary/aromatic N) is 2. The van der Waals surface area contributed by atoms with Crippen LogP contribution < -0.4 is 0 Å². The Bertz CT molecular complexity index is 330. The highest BCUT2D eigenvalue weighted by molar-refractivity contribution is 9.10. The van der Waals surface area contributed by atoms with Crippen LogP contribution in [0.1, 0.15) is 10.5 Å².